The number of aryl methyl sites for hydroxylation is 2. The summed E-state index contributed by atoms with van der Waals surface area (Å²) < 4.78 is 6.60. The molecule has 27 heavy (non-hydrogen) atoms. The molecule has 140 valence electrons. The number of halogens is 2. The maximum Gasteiger partial charge on any atom is 0.264 e. The SMILES string of the molecule is CCc1sc(NC(=O)COc2ccc(Cl)cc2C)nc1-c1ccc(Br)cc1. The monoisotopic (exact) mass is 464 g/mol. The third kappa shape index (κ3) is 5.09. The summed E-state index contributed by atoms with van der Waals surface area (Å²) in [7, 11) is 0. The first-order chi connectivity index (χ1) is 13.0. The molecule has 0 saturated heterocycles. The molecule has 0 saturated carbocycles. The van der Waals surface area contributed by atoms with Gasteiger partial charge in [-0.05, 0) is 49.2 Å². The number of nitrogens with one attached hydrogen (secondary N) is 1. The number of carbonyl (C=O) groups excluding carboxylic acids is 1. The van der Waals surface area contributed by atoms with Gasteiger partial charge in [0.2, 0.25) is 0 Å². The number of hydrogen-bond donors (Lipinski definition) is 1. The average molecular weight is 466 g/mol. The molecule has 3 rings (SSSR count). The van der Waals surface area contributed by atoms with E-state index in [1.165, 1.54) is 11.3 Å². The van der Waals surface area contributed by atoms with Gasteiger partial charge in [0.25, 0.3) is 5.91 Å². The zero-order valence-electron chi connectivity index (χ0n) is 14.9. The Morgan fingerprint density at radius 3 is 2.67 bits per heavy atom. The van der Waals surface area contributed by atoms with Crippen molar-refractivity contribution in [1.29, 1.82) is 0 Å². The van der Waals surface area contributed by atoms with Gasteiger partial charge in [-0.15, -0.1) is 11.3 Å². The van der Waals surface area contributed by atoms with Gasteiger partial charge in [0, 0.05) is 19.9 Å². The highest BCUT2D eigenvalue weighted by Crippen LogP contribution is 2.32. The van der Waals surface area contributed by atoms with Crippen molar-refractivity contribution in [2.45, 2.75) is 20.3 Å². The van der Waals surface area contributed by atoms with E-state index in [1.807, 2.05) is 31.2 Å². The Bertz CT molecular complexity index is 957. The molecule has 0 spiro atoms. The number of rotatable bonds is 6. The van der Waals surface area contributed by atoms with Gasteiger partial charge in [-0.2, -0.15) is 0 Å². The van der Waals surface area contributed by atoms with Gasteiger partial charge < -0.3 is 4.74 Å². The summed E-state index contributed by atoms with van der Waals surface area (Å²) in [5, 5.41) is 4.04. The molecule has 0 aliphatic carbocycles. The molecule has 1 amide bonds. The van der Waals surface area contributed by atoms with Gasteiger partial charge in [0.05, 0.1) is 5.69 Å². The van der Waals surface area contributed by atoms with Crippen molar-refractivity contribution in [3.05, 3.63) is 62.4 Å². The zero-order chi connectivity index (χ0) is 19.4. The molecule has 0 aliphatic heterocycles. The Hall–Kier alpha value is -1.89. The molecule has 4 nitrogen and oxygen atoms in total. The van der Waals surface area contributed by atoms with Gasteiger partial charge >= 0.3 is 0 Å². The Kier molecular flexibility index (Phi) is 6.52. The van der Waals surface area contributed by atoms with E-state index in [4.69, 9.17) is 16.3 Å². The van der Waals surface area contributed by atoms with Crippen molar-refractivity contribution in [3.63, 3.8) is 0 Å². The first-order valence-corrected chi connectivity index (χ1v) is 10.4. The zero-order valence-corrected chi connectivity index (χ0v) is 18.0. The smallest absolute Gasteiger partial charge is 0.264 e. The molecule has 0 fully saturated rings. The van der Waals surface area contributed by atoms with Crippen LogP contribution in [0, 0.1) is 6.92 Å². The highest BCUT2D eigenvalue weighted by Gasteiger charge is 2.14. The van der Waals surface area contributed by atoms with Crippen LogP contribution in [0.1, 0.15) is 17.4 Å². The molecular weight excluding hydrogens is 448 g/mol. The predicted molar refractivity (Wildman–Crippen MR) is 115 cm³/mol. The van der Waals surface area contributed by atoms with Gasteiger partial charge in [-0.3, -0.25) is 10.1 Å². The Morgan fingerprint density at radius 2 is 2.00 bits per heavy atom. The molecule has 0 atom stereocenters. The summed E-state index contributed by atoms with van der Waals surface area (Å²) in [4.78, 5) is 18.0. The van der Waals surface area contributed by atoms with Crippen molar-refractivity contribution >= 4 is 49.9 Å². The van der Waals surface area contributed by atoms with Crippen LogP contribution < -0.4 is 10.1 Å². The molecule has 1 aromatic heterocycles. The van der Waals surface area contributed by atoms with E-state index in [1.54, 1.807) is 18.2 Å². The average Bonchev–Trinajstić information content (AvgIpc) is 3.04. The predicted octanol–water partition coefficient (Wildman–Crippen LogP) is 6.11. The number of amides is 1. The molecule has 0 aliphatic rings. The molecule has 7 heteroatoms. The van der Waals surface area contributed by atoms with E-state index in [0.29, 0.717) is 15.9 Å². The lowest BCUT2D eigenvalue weighted by Crippen LogP contribution is -2.20. The number of hydrogen-bond acceptors (Lipinski definition) is 4. The standard InChI is InChI=1S/C20H18BrClN2O2S/c1-3-17-19(13-4-6-14(21)7-5-13)24-20(27-17)23-18(25)11-26-16-9-8-15(22)10-12(16)2/h4-10H,3,11H2,1-2H3,(H,23,24,25). The maximum atomic E-state index is 12.3. The fourth-order valence-electron chi connectivity index (χ4n) is 2.55. The number of aromatic nitrogens is 1. The minimum atomic E-state index is -0.247. The van der Waals surface area contributed by atoms with Crippen LogP contribution >= 0.6 is 38.9 Å². The highest BCUT2D eigenvalue weighted by molar-refractivity contribution is 9.10. The molecular formula is C20H18BrClN2O2S. The number of carbonyl (C=O) groups is 1. The van der Waals surface area contributed by atoms with E-state index in [2.05, 4.69) is 33.2 Å². The van der Waals surface area contributed by atoms with Gasteiger partial charge in [0.15, 0.2) is 11.7 Å². The lowest BCUT2D eigenvalue weighted by molar-refractivity contribution is -0.118. The molecule has 0 radical (unpaired) electrons. The second-order valence-electron chi connectivity index (χ2n) is 5.90. The lowest BCUT2D eigenvalue weighted by Gasteiger charge is -2.08. The van der Waals surface area contributed by atoms with Crippen LogP contribution in [-0.2, 0) is 11.2 Å². The molecule has 1 heterocycles. The molecule has 2 aromatic carbocycles. The van der Waals surface area contributed by atoms with Crippen LogP contribution in [0.4, 0.5) is 5.13 Å². The summed E-state index contributed by atoms with van der Waals surface area (Å²) in [5.74, 6) is 0.390. The van der Waals surface area contributed by atoms with E-state index >= 15 is 0 Å². The number of ether oxygens (including phenoxy) is 1. The van der Waals surface area contributed by atoms with Crippen molar-refractivity contribution in [3.8, 4) is 17.0 Å². The molecule has 0 bridgehead atoms. The van der Waals surface area contributed by atoms with Crippen molar-refractivity contribution < 1.29 is 9.53 Å². The first kappa shape index (κ1) is 19.9. The Morgan fingerprint density at radius 1 is 1.26 bits per heavy atom. The van der Waals surface area contributed by atoms with Crippen LogP contribution in [0.2, 0.25) is 5.02 Å². The van der Waals surface area contributed by atoms with Gasteiger partial charge in [-0.25, -0.2) is 4.98 Å². The molecule has 1 N–H and O–H groups in total. The maximum absolute atomic E-state index is 12.3. The first-order valence-electron chi connectivity index (χ1n) is 8.40. The Balaban J connectivity index is 1.68. The van der Waals surface area contributed by atoms with Crippen LogP contribution in [-0.4, -0.2) is 17.5 Å². The quantitative estimate of drug-likeness (QED) is 0.477. The third-order valence-corrected chi connectivity index (χ3v) is 5.76. The van der Waals surface area contributed by atoms with Gasteiger partial charge in [0.1, 0.15) is 5.75 Å². The topological polar surface area (TPSA) is 51.2 Å². The number of nitrogens with zero attached hydrogens (tertiary/aromatic N) is 1. The number of thiazole rings is 1. The van der Waals surface area contributed by atoms with Crippen LogP contribution in [0.5, 0.6) is 5.75 Å². The van der Waals surface area contributed by atoms with E-state index in [-0.39, 0.29) is 12.5 Å². The second kappa shape index (κ2) is 8.87. The molecule has 0 unspecified atom stereocenters. The highest BCUT2D eigenvalue weighted by atomic mass is 79.9. The van der Waals surface area contributed by atoms with Crippen molar-refractivity contribution in [2.75, 3.05) is 11.9 Å². The second-order valence-corrected chi connectivity index (χ2v) is 8.33. The minimum absolute atomic E-state index is 0.0862. The minimum Gasteiger partial charge on any atom is -0.483 e. The normalized spacial score (nSPS) is 10.7. The van der Waals surface area contributed by atoms with Gasteiger partial charge in [-0.1, -0.05) is 46.6 Å². The van der Waals surface area contributed by atoms with E-state index in [0.717, 1.165) is 32.6 Å². The summed E-state index contributed by atoms with van der Waals surface area (Å²) in [6.07, 6.45) is 0.847. The Labute approximate surface area is 175 Å². The third-order valence-electron chi connectivity index (χ3n) is 3.88. The molecule has 3 aromatic rings. The summed E-state index contributed by atoms with van der Waals surface area (Å²) in [6.45, 7) is 3.88. The lowest BCUT2D eigenvalue weighted by atomic mass is 10.1. The summed E-state index contributed by atoms with van der Waals surface area (Å²) in [5.41, 5.74) is 2.81. The number of benzene rings is 2. The van der Waals surface area contributed by atoms with Crippen LogP contribution in [0.15, 0.2) is 46.9 Å². The van der Waals surface area contributed by atoms with Crippen molar-refractivity contribution in [1.82, 2.24) is 4.98 Å². The van der Waals surface area contributed by atoms with Crippen LogP contribution in [0.25, 0.3) is 11.3 Å². The van der Waals surface area contributed by atoms with Crippen molar-refractivity contribution in [2.24, 2.45) is 0 Å². The van der Waals surface area contributed by atoms with E-state index < -0.39 is 0 Å². The fraction of sp³-hybridized carbons (Fsp3) is 0.200. The van der Waals surface area contributed by atoms with Crippen LogP contribution in [0.3, 0.4) is 0 Å². The summed E-state index contributed by atoms with van der Waals surface area (Å²) in [6, 6.07) is 13.3. The van der Waals surface area contributed by atoms with E-state index in [9.17, 15) is 4.79 Å². The fourth-order valence-corrected chi connectivity index (χ4v) is 3.98. The summed E-state index contributed by atoms with van der Waals surface area (Å²) >= 11 is 10.9. The number of anilines is 1. The largest absolute Gasteiger partial charge is 0.483 e.